The maximum absolute atomic E-state index is 10.9. The van der Waals surface area contributed by atoms with E-state index in [1.54, 1.807) is 12.1 Å². The van der Waals surface area contributed by atoms with Gasteiger partial charge in [0.15, 0.2) is 0 Å². The SMILES string of the molecule is CC(C)c1ccccc1Oc1nc(N)ncc1[N+](=O)[O-]. The Bertz CT molecular complexity index is 643. The third-order valence-corrected chi connectivity index (χ3v) is 2.70. The van der Waals surface area contributed by atoms with Gasteiger partial charge in [0.2, 0.25) is 5.95 Å². The van der Waals surface area contributed by atoms with Crippen LogP contribution >= 0.6 is 0 Å². The lowest BCUT2D eigenvalue weighted by Gasteiger charge is -2.12. The van der Waals surface area contributed by atoms with E-state index in [1.807, 2.05) is 26.0 Å². The molecular weight excluding hydrogens is 260 g/mol. The van der Waals surface area contributed by atoms with Crippen molar-refractivity contribution < 1.29 is 9.66 Å². The average Bonchev–Trinajstić information content (AvgIpc) is 2.38. The smallest absolute Gasteiger partial charge is 0.349 e. The normalized spacial score (nSPS) is 10.6. The van der Waals surface area contributed by atoms with E-state index in [4.69, 9.17) is 10.5 Å². The second-order valence-electron chi connectivity index (χ2n) is 4.47. The first-order chi connectivity index (χ1) is 9.49. The predicted octanol–water partition coefficient (Wildman–Crippen LogP) is 2.88. The Labute approximate surface area is 115 Å². The van der Waals surface area contributed by atoms with Gasteiger partial charge in [-0.3, -0.25) is 10.1 Å². The van der Waals surface area contributed by atoms with Crippen LogP contribution in [0.1, 0.15) is 25.3 Å². The zero-order valence-electron chi connectivity index (χ0n) is 11.1. The topological polar surface area (TPSA) is 104 Å². The molecule has 20 heavy (non-hydrogen) atoms. The zero-order chi connectivity index (χ0) is 14.7. The van der Waals surface area contributed by atoms with Gasteiger partial charge in [-0.25, -0.2) is 4.98 Å². The largest absolute Gasteiger partial charge is 0.433 e. The van der Waals surface area contributed by atoms with Crippen molar-refractivity contribution in [1.29, 1.82) is 0 Å². The first-order valence-corrected chi connectivity index (χ1v) is 6.02. The summed E-state index contributed by atoms with van der Waals surface area (Å²) in [6, 6.07) is 7.30. The van der Waals surface area contributed by atoms with E-state index in [0.717, 1.165) is 11.8 Å². The van der Waals surface area contributed by atoms with Gasteiger partial charge in [-0.1, -0.05) is 32.0 Å². The molecule has 0 spiro atoms. The highest BCUT2D eigenvalue weighted by Crippen LogP contribution is 2.33. The lowest BCUT2D eigenvalue weighted by Crippen LogP contribution is -2.02. The number of hydrogen-bond acceptors (Lipinski definition) is 6. The van der Waals surface area contributed by atoms with E-state index in [-0.39, 0.29) is 23.4 Å². The van der Waals surface area contributed by atoms with Crippen molar-refractivity contribution in [3.8, 4) is 11.6 Å². The number of ether oxygens (including phenoxy) is 1. The molecule has 0 saturated heterocycles. The van der Waals surface area contributed by atoms with Gasteiger partial charge in [0.25, 0.3) is 0 Å². The molecule has 1 aromatic carbocycles. The molecule has 7 heteroatoms. The number of nitrogen functional groups attached to an aromatic ring is 1. The number of benzene rings is 1. The van der Waals surface area contributed by atoms with Crippen LogP contribution in [-0.2, 0) is 0 Å². The number of anilines is 1. The summed E-state index contributed by atoms with van der Waals surface area (Å²) in [7, 11) is 0. The van der Waals surface area contributed by atoms with Gasteiger partial charge in [0.1, 0.15) is 11.9 Å². The molecule has 2 aromatic rings. The van der Waals surface area contributed by atoms with Gasteiger partial charge in [0.05, 0.1) is 4.92 Å². The van der Waals surface area contributed by atoms with Crippen LogP contribution in [0.2, 0.25) is 0 Å². The molecule has 0 radical (unpaired) electrons. The van der Waals surface area contributed by atoms with Crippen LogP contribution < -0.4 is 10.5 Å². The lowest BCUT2D eigenvalue weighted by molar-refractivity contribution is -0.386. The molecule has 2 rings (SSSR count). The third kappa shape index (κ3) is 2.82. The quantitative estimate of drug-likeness (QED) is 0.679. The molecule has 0 amide bonds. The van der Waals surface area contributed by atoms with Gasteiger partial charge in [-0.2, -0.15) is 4.98 Å². The number of nitro groups is 1. The monoisotopic (exact) mass is 274 g/mol. The van der Waals surface area contributed by atoms with Gasteiger partial charge < -0.3 is 10.5 Å². The van der Waals surface area contributed by atoms with Crippen LogP contribution in [0.15, 0.2) is 30.5 Å². The second-order valence-corrected chi connectivity index (χ2v) is 4.47. The van der Waals surface area contributed by atoms with Crippen LogP contribution in [0, 0.1) is 10.1 Å². The van der Waals surface area contributed by atoms with E-state index in [2.05, 4.69) is 9.97 Å². The van der Waals surface area contributed by atoms with Gasteiger partial charge in [0, 0.05) is 0 Å². The Balaban J connectivity index is 2.45. The number of nitrogens with zero attached hydrogens (tertiary/aromatic N) is 3. The summed E-state index contributed by atoms with van der Waals surface area (Å²) in [6.45, 7) is 4.01. The van der Waals surface area contributed by atoms with Crippen LogP contribution in [0.4, 0.5) is 11.6 Å². The van der Waals surface area contributed by atoms with Crippen molar-refractivity contribution in [2.24, 2.45) is 0 Å². The predicted molar refractivity (Wildman–Crippen MR) is 73.7 cm³/mol. The van der Waals surface area contributed by atoms with Gasteiger partial charge in [-0.05, 0) is 17.5 Å². The molecule has 0 aliphatic carbocycles. The van der Waals surface area contributed by atoms with Crippen molar-refractivity contribution in [3.63, 3.8) is 0 Å². The van der Waals surface area contributed by atoms with Crippen LogP contribution in [-0.4, -0.2) is 14.9 Å². The molecule has 0 saturated carbocycles. The summed E-state index contributed by atoms with van der Waals surface area (Å²) in [6.07, 6.45) is 1.04. The third-order valence-electron chi connectivity index (χ3n) is 2.70. The standard InChI is InChI=1S/C13H14N4O3/c1-8(2)9-5-3-4-6-11(9)20-12-10(17(18)19)7-15-13(14)16-12/h3-8H,1-2H3,(H2,14,15,16). The van der Waals surface area contributed by atoms with E-state index >= 15 is 0 Å². The van der Waals surface area contributed by atoms with Crippen molar-refractivity contribution >= 4 is 11.6 Å². The Hall–Kier alpha value is -2.70. The summed E-state index contributed by atoms with van der Waals surface area (Å²) < 4.78 is 5.57. The van der Waals surface area contributed by atoms with E-state index < -0.39 is 4.92 Å². The molecular formula is C13H14N4O3. The Morgan fingerprint density at radius 3 is 2.70 bits per heavy atom. The highest BCUT2D eigenvalue weighted by atomic mass is 16.6. The second kappa shape index (κ2) is 5.52. The summed E-state index contributed by atoms with van der Waals surface area (Å²) in [5.41, 5.74) is 6.06. The molecule has 7 nitrogen and oxygen atoms in total. The number of rotatable bonds is 4. The van der Waals surface area contributed by atoms with Crippen molar-refractivity contribution in [2.45, 2.75) is 19.8 Å². The van der Waals surface area contributed by atoms with Crippen LogP contribution in [0.3, 0.4) is 0 Å². The zero-order valence-corrected chi connectivity index (χ0v) is 11.1. The molecule has 0 bridgehead atoms. The minimum atomic E-state index is -0.604. The molecule has 2 N–H and O–H groups in total. The molecule has 1 heterocycles. The molecule has 0 aliphatic heterocycles. The Morgan fingerprint density at radius 1 is 1.35 bits per heavy atom. The van der Waals surface area contributed by atoms with Gasteiger partial charge in [-0.15, -0.1) is 0 Å². The fourth-order valence-electron chi connectivity index (χ4n) is 1.73. The summed E-state index contributed by atoms with van der Waals surface area (Å²) >= 11 is 0. The first-order valence-electron chi connectivity index (χ1n) is 6.02. The Morgan fingerprint density at radius 2 is 2.05 bits per heavy atom. The Kier molecular flexibility index (Phi) is 3.79. The molecule has 1 aromatic heterocycles. The number of hydrogen-bond donors (Lipinski definition) is 1. The molecule has 0 fully saturated rings. The van der Waals surface area contributed by atoms with E-state index in [0.29, 0.717) is 5.75 Å². The summed E-state index contributed by atoms with van der Waals surface area (Å²) in [5.74, 6) is 0.497. The maximum atomic E-state index is 10.9. The summed E-state index contributed by atoms with van der Waals surface area (Å²) in [4.78, 5) is 17.7. The average molecular weight is 274 g/mol. The summed E-state index contributed by atoms with van der Waals surface area (Å²) in [5, 5.41) is 10.9. The lowest BCUT2D eigenvalue weighted by atomic mass is 10.0. The maximum Gasteiger partial charge on any atom is 0.349 e. The van der Waals surface area contributed by atoms with E-state index in [9.17, 15) is 10.1 Å². The molecule has 0 atom stereocenters. The fraction of sp³-hybridized carbons (Fsp3) is 0.231. The molecule has 104 valence electrons. The molecule has 0 unspecified atom stereocenters. The van der Waals surface area contributed by atoms with Crippen LogP contribution in [0.25, 0.3) is 0 Å². The van der Waals surface area contributed by atoms with E-state index in [1.165, 1.54) is 0 Å². The minimum absolute atomic E-state index is 0.0763. The molecule has 0 aliphatic rings. The minimum Gasteiger partial charge on any atom is -0.433 e. The van der Waals surface area contributed by atoms with Crippen molar-refractivity contribution in [3.05, 3.63) is 46.1 Å². The number of para-hydroxylation sites is 1. The van der Waals surface area contributed by atoms with Crippen molar-refractivity contribution in [2.75, 3.05) is 5.73 Å². The first kappa shape index (κ1) is 13.7. The fourth-order valence-corrected chi connectivity index (χ4v) is 1.73. The van der Waals surface area contributed by atoms with Crippen molar-refractivity contribution in [1.82, 2.24) is 9.97 Å². The number of nitrogens with two attached hydrogens (primary N) is 1. The highest BCUT2D eigenvalue weighted by molar-refractivity contribution is 5.46. The highest BCUT2D eigenvalue weighted by Gasteiger charge is 2.20. The van der Waals surface area contributed by atoms with Crippen LogP contribution in [0.5, 0.6) is 11.6 Å². The van der Waals surface area contributed by atoms with Gasteiger partial charge >= 0.3 is 11.6 Å². The number of aromatic nitrogens is 2.